The summed E-state index contributed by atoms with van der Waals surface area (Å²) >= 11 is 3.53. The zero-order chi connectivity index (χ0) is 16.2. The molecule has 2 aromatic rings. The highest BCUT2D eigenvalue weighted by atomic mass is 79.9. The van der Waals surface area contributed by atoms with Crippen LogP contribution in [0.4, 0.5) is 10.1 Å². The van der Waals surface area contributed by atoms with E-state index in [4.69, 9.17) is 4.74 Å². The van der Waals surface area contributed by atoms with E-state index in [-0.39, 0.29) is 5.82 Å². The quantitative estimate of drug-likeness (QED) is 0.878. The van der Waals surface area contributed by atoms with E-state index < -0.39 is 0 Å². The number of methoxy groups -OCH3 is 1. The Morgan fingerprint density at radius 1 is 1.13 bits per heavy atom. The predicted octanol–water partition coefficient (Wildman–Crippen LogP) is 2.50. The average molecular weight is 380 g/mol. The Balaban J connectivity index is 1.61. The first-order valence-corrected chi connectivity index (χ1v) is 8.61. The molecule has 5 heteroatoms. The molecule has 1 aliphatic heterocycles. The molecule has 0 amide bonds. The fourth-order valence-corrected chi connectivity index (χ4v) is 3.47. The van der Waals surface area contributed by atoms with E-state index in [1.807, 2.05) is 24.3 Å². The molecular weight excluding hydrogens is 359 g/mol. The zero-order valence-corrected chi connectivity index (χ0v) is 14.8. The molecule has 0 spiro atoms. The van der Waals surface area contributed by atoms with Crippen LogP contribution in [0.3, 0.4) is 0 Å². The first kappa shape index (κ1) is 16.3. The molecule has 1 saturated heterocycles. The van der Waals surface area contributed by atoms with Gasteiger partial charge < -0.3 is 14.5 Å². The Morgan fingerprint density at radius 2 is 1.83 bits per heavy atom. The molecule has 1 aliphatic rings. The normalized spacial score (nSPS) is 15.7. The first-order valence-electron chi connectivity index (χ1n) is 7.82. The number of rotatable bonds is 4. The largest absolute Gasteiger partial charge is 0.496 e. The molecule has 0 unspecified atom stereocenters. The lowest BCUT2D eigenvalue weighted by atomic mass is 10.1. The van der Waals surface area contributed by atoms with Crippen LogP contribution in [0.5, 0.6) is 5.75 Å². The smallest absolute Gasteiger partial charge is 0.127 e. The molecule has 0 aliphatic carbocycles. The van der Waals surface area contributed by atoms with Gasteiger partial charge in [-0.05, 0) is 42.5 Å². The molecule has 2 aromatic carbocycles. The van der Waals surface area contributed by atoms with Gasteiger partial charge in [0.05, 0.1) is 33.3 Å². The van der Waals surface area contributed by atoms with Crippen molar-refractivity contribution >= 4 is 21.6 Å². The third kappa shape index (κ3) is 4.03. The topological polar surface area (TPSA) is 16.9 Å². The summed E-state index contributed by atoms with van der Waals surface area (Å²) in [5, 5.41) is 0. The first-order chi connectivity index (χ1) is 11.2. The minimum absolute atomic E-state index is 0.181. The maximum atomic E-state index is 13.0. The van der Waals surface area contributed by atoms with Crippen LogP contribution in [0.15, 0.2) is 46.9 Å². The number of hydrogen-bond acceptors (Lipinski definition) is 2. The van der Waals surface area contributed by atoms with Crippen LogP contribution >= 0.6 is 15.9 Å². The van der Waals surface area contributed by atoms with Gasteiger partial charge in [-0.1, -0.05) is 15.9 Å². The van der Waals surface area contributed by atoms with Crippen LogP contribution in [0, 0.1) is 5.82 Å². The monoisotopic (exact) mass is 379 g/mol. The number of anilines is 1. The lowest BCUT2D eigenvalue weighted by molar-refractivity contribution is -0.914. The van der Waals surface area contributed by atoms with Crippen molar-refractivity contribution in [2.75, 3.05) is 38.2 Å². The summed E-state index contributed by atoms with van der Waals surface area (Å²) in [7, 11) is 1.72. The number of benzene rings is 2. The summed E-state index contributed by atoms with van der Waals surface area (Å²) in [6.07, 6.45) is 0. The van der Waals surface area contributed by atoms with Crippen LogP contribution in [0.1, 0.15) is 5.56 Å². The molecule has 1 N–H and O–H groups in total. The molecule has 0 bridgehead atoms. The van der Waals surface area contributed by atoms with Crippen molar-refractivity contribution in [2.24, 2.45) is 0 Å². The van der Waals surface area contributed by atoms with Crippen LogP contribution in [0.2, 0.25) is 0 Å². The Bertz CT molecular complexity index is 655. The fraction of sp³-hybridized carbons (Fsp3) is 0.333. The molecule has 0 aromatic heterocycles. The van der Waals surface area contributed by atoms with Crippen molar-refractivity contribution in [1.82, 2.24) is 0 Å². The molecule has 1 heterocycles. The molecule has 0 saturated carbocycles. The van der Waals surface area contributed by atoms with Crippen molar-refractivity contribution in [2.45, 2.75) is 6.54 Å². The Hall–Kier alpha value is -1.59. The van der Waals surface area contributed by atoms with Gasteiger partial charge in [-0.3, -0.25) is 0 Å². The van der Waals surface area contributed by atoms with Crippen molar-refractivity contribution in [3.63, 3.8) is 0 Å². The van der Waals surface area contributed by atoms with E-state index in [2.05, 4.69) is 26.9 Å². The number of halogens is 2. The van der Waals surface area contributed by atoms with E-state index in [1.54, 1.807) is 12.0 Å². The number of quaternary nitrogens is 1. The maximum Gasteiger partial charge on any atom is 0.127 e. The predicted molar refractivity (Wildman–Crippen MR) is 93.7 cm³/mol. The van der Waals surface area contributed by atoms with E-state index in [0.29, 0.717) is 0 Å². The van der Waals surface area contributed by atoms with Crippen LogP contribution < -0.4 is 14.5 Å². The maximum absolute atomic E-state index is 13.0. The molecular formula is C18H21BrFN2O+. The zero-order valence-electron chi connectivity index (χ0n) is 13.2. The summed E-state index contributed by atoms with van der Waals surface area (Å²) in [4.78, 5) is 3.86. The minimum atomic E-state index is -0.181. The number of hydrogen-bond donors (Lipinski definition) is 1. The second-order valence-corrected chi connectivity index (χ2v) is 6.76. The second kappa shape index (κ2) is 7.32. The van der Waals surface area contributed by atoms with Crippen LogP contribution in [-0.4, -0.2) is 33.3 Å². The van der Waals surface area contributed by atoms with Gasteiger partial charge in [0, 0.05) is 15.7 Å². The van der Waals surface area contributed by atoms with Gasteiger partial charge in [0.15, 0.2) is 0 Å². The number of ether oxygens (including phenoxy) is 1. The Morgan fingerprint density at radius 3 is 2.48 bits per heavy atom. The third-order valence-electron chi connectivity index (χ3n) is 4.35. The van der Waals surface area contributed by atoms with Gasteiger partial charge in [0.2, 0.25) is 0 Å². The van der Waals surface area contributed by atoms with E-state index in [0.717, 1.165) is 48.6 Å². The summed E-state index contributed by atoms with van der Waals surface area (Å²) in [5.74, 6) is 0.765. The third-order valence-corrected chi connectivity index (χ3v) is 4.84. The lowest BCUT2D eigenvalue weighted by Crippen LogP contribution is -3.13. The number of piperazine rings is 1. The molecule has 1 fully saturated rings. The fourth-order valence-electron chi connectivity index (χ4n) is 3.06. The number of nitrogens with zero attached hydrogens (tertiary/aromatic N) is 1. The minimum Gasteiger partial charge on any atom is -0.496 e. The number of nitrogens with one attached hydrogen (secondary N) is 1. The summed E-state index contributed by atoms with van der Waals surface area (Å²) in [6.45, 7) is 5.05. The van der Waals surface area contributed by atoms with Crippen molar-refractivity contribution in [1.29, 1.82) is 0 Å². The van der Waals surface area contributed by atoms with Crippen molar-refractivity contribution < 1.29 is 14.0 Å². The van der Waals surface area contributed by atoms with Gasteiger partial charge in [-0.2, -0.15) is 0 Å². The van der Waals surface area contributed by atoms with E-state index in [1.165, 1.54) is 17.7 Å². The molecule has 3 rings (SSSR count). The lowest BCUT2D eigenvalue weighted by Gasteiger charge is -2.33. The van der Waals surface area contributed by atoms with Gasteiger partial charge in [0.25, 0.3) is 0 Å². The summed E-state index contributed by atoms with van der Waals surface area (Å²) < 4.78 is 19.6. The van der Waals surface area contributed by atoms with Crippen molar-refractivity contribution in [3.05, 3.63) is 58.3 Å². The van der Waals surface area contributed by atoms with Gasteiger partial charge in [0.1, 0.15) is 18.1 Å². The molecule has 23 heavy (non-hydrogen) atoms. The van der Waals surface area contributed by atoms with Crippen LogP contribution in [0.25, 0.3) is 0 Å². The highest BCUT2D eigenvalue weighted by Gasteiger charge is 2.21. The summed E-state index contributed by atoms with van der Waals surface area (Å²) in [6, 6.07) is 12.9. The van der Waals surface area contributed by atoms with Gasteiger partial charge >= 0.3 is 0 Å². The van der Waals surface area contributed by atoms with Gasteiger partial charge in [-0.15, -0.1) is 0 Å². The van der Waals surface area contributed by atoms with E-state index >= 15 is 0 Å². The second-order valence-electron chi connectivity index (χ2n) is 5.85. The average Bonchev–Trinajstić information content (AvgIpc) is 2.57. The molecule has 122 valence electrons. The standard InChI is InChI=1S/C18H20BrFN2O/c1-23-18-7-2-15(19)12-14(18)13-21-8-10-22(11-9-21)17-5-3-16(20)4-6-17/h2-7,12H,8-11,13H2,1H3/p+1. The SMILES string of the molecule is COc1ccc(Br)cc1C[NH+]1CCN(c2ccc(F)cc2)CC1. The molecule has 0 radical (unpaired) electrons. The summed E-state index contributed by atoms with van der Waals surface area (Å²) in [5.41, 5.74) is 2.33. The molecule has 0 atom stereocenters. The highest BCUT2D eigenvalue weighted by molar-refractivity contribution is 9.10. The van der Waals surface area contributed by atoms with E-state index in [9.17, 15) is 4.39 Å². The highest BCUT2D eigenvalue weighted by Crippen LogP contribution is 2.22. The molecule has 3 nitrogen and oxygen atoms in total. The Kier molecular flexibility index (Phi) is 5.18. The van der Waals surface area contributed by atoms with Gasteiger partial charge in [-0.25, -0.2) is 4.39 Å². The van der Waals surface area contributed by atoms with Crippen molar-refractivity contribution in [3.8, 4) is 5.75 Å². The Labute approximate surface area is 144 Å². The van der Waals surface area contributed by atoms with Crippen LogP contribution in [-0.2, 0) is 6.54 Å².